The summed E-state index contributed by atoms with van der Waals surface area (Å²) < 4.78 is 40.8. The van der Waals surface area contributed by atoms with Crippen molar-refractivity contribution >= 4 is 17.7 Å². The van der Waals surface area contributed by atoms with E-state index in [4.69, 9.17) is 11.1 Å². The molecule has 1 aliphatic rings. The maximum absolute atomic E-state index is 13.2. The van der Waals surface area contributed by atoms with Gasteiger partial charge in [0.15, 0.2) is 5.82 Å². The van der Waals surface area contributed by atoms with Crippen molar-refractivity contribution in [3.05, 3.63) is 53.6 Å². The maximum atomic E-state index is 13.2. The first-order chi connectivity index (χ1) is 14.8. The number of aromatic nitrogens is 4. The summed E-state index contributed by atoms with van der Waals surface area (Å²) in [5.74, 6) is 1.10. The number of nitrogens with zero attached hydrogens (tertiary/aromatic N) is 5. The van der Waals surface area contributed by atoms with Gasteiger partial charge in [-0.25, -0.2) is 15.0 Å². The molecule has 1 fully saturated rings. The van der Waals surface area contributed by atoms with Crippen LogP contribution < -0.4 is 10.6 Å². The van der Waals surface area contributed by atoms with Gasteiger partial charge in [0.25, 0.3) is 0 Å². The van der Waals surface area contributed by atoms with Crippen molar-refractivity contribution in [1.29, 1.82) is 5.41 Å². The Labute approximate surface area is 177 Å². The van der Waals surface area contributed by atoms with Crippen LogP contribution in [0.3, 0.4) is 0 Å². The molecule has 31 heavy (non-hydrogen) atoms. The molecule has 0 aliphatic carbocycles. The molecule has 7 nitrogen and oxygen atoms in total. The number of nitrogens with one attached hydrogen (secondary N) is 1. The lowest BCUT2D eigenvalue weighted by Gasteiger charge is -2.34. The zero-order valence-corrected chi connectivity index (χ0v) is 16.9. The molecule has 3 aromatic heterocycles. The van der Waals surface area contributed by atoms with Crippen LogP contribution in [0.2, 0.25) is 0 Å². The van der Waals surface area contributed by atoms with Gasteiger partial charge in [-0.3, -0.25) is 4.40 Å². The van der Waals surface area contributed by atoms with Crippen LogP contribution >= 0.6 is 0 Å². The Balaban J connectivity index is 1.68. The predicted octanol–water partition coefficient (Wildman–Crippen LogP) is 3.91. The number of hydrogen-bond acceptors (Lipinski definition) is 6. The van der Waals surface area contributed by atoms with E-state index in [1.165, 1.54) is 22.9 Å². The van der Waals surface area contributed by atoms with E-state index in [0.29, 0.717) is 35.2 Å². The third-order valence-corrected chi connectivity index (χ3v) is 5.50. The third-order valence-electron chi connectivity index (χ3n) is 5.50. The van der Waals surface area contributed by atoms with Gasteiger partial charge < -0.3 is 16.0 Å². The van der Waals surface area contributed by atoms with E-state index in [0.717, 1.165) is 37.2 Å². The van der Waals surface area contributed by atoms with Gasteiger partial charge in [0.05, 0.1) is 11.8 Å². The van der Waals surface area contributed by atoms with Crippen LogP contribution in [0.5, 0.6) is 0 Å². The predicted molar refractivity (Wildman–Crippen MR) is 112 cm³/mol. The first-order valence-electron chi connectivity index (χ1n) is 9.87. The molecule has 0 saturated carbocycles. The van der Waals surface area contributed by atoms with Crippen molar-refractivity contribution in [2.45, 2.75) is 25.9 Å². The van der Waals surface area contributed by atoms with Crippen LogP contribution in [0.1, 0.15) is 25.3 Å². The van der Waals surface area contributed by atoms with Crippen LogP contribution in [0.4, 0.5) is 19.0 Å². The molecule has 1 saturated heterocycles. The number of allylic oxidation sites excluding steroid dienone is 1. The largest absolute Gasteiger partial charge is 0.417 e. The number of fused-ring (bicyclic) bond motifs is 1. The monoisotopic (exact) mass is 429 g/mol. The average molecular weight is 429 g/mol. The minimum Gasteiger partial charge on any atom is -0.402 e. The molecule has 0 bridgehead atoms. The summed E-state index contributed by atoms with van der Waals surface area (Å²) >= 11 is 0. The zero-order chi connectivity index (χ0) is 22.2. The summed E-state index contributed by atoms with van der Waals surface area (Å²) in [5.41, 5.74) is 7.40. The van der Waals surface area contributed by atoms with E-state index in [1.807, 2.05) is 0 Å². The molecule has 4 heterocycles. The van der Waals surface area contributed by atoms with Gasteiger partial charge in [-0.05, 0) is 43.5 Å². The highest BCUT2D eigenvalue weighted by Gasteiger charge is 2.31. The Kier molecular flexibility index (Phi) is 5.38. The number of nitrogens with two attached hydrogens (primary N) is 1. The molecule has 4 rings (SSSR count). The Morgan fingerprint density at radius 1 is 1.26 bits per heavy atom. The molecule has 1 atom stereocenters. The number of anilines is 1. The zero-order valence-electron chi connectivity index (χ0n) is 16.9. The van der Waals surface area contributed by atoms with E-state index < -0.39 is 11.7 Å². The van der Waals surface area contributed by atoms with Gasteiger partial charge in [0.1, 0.15) is 17.2 Å². The van der Waals surface area contributed by atoms with Gasteiger partial charge in [-0.15, -0.1) is 0 Å². The Morgan fingerprint density at radius 2 is 2.06 bits per heavy atom. The minimum absolute atomic E-state index is 0.125. The summed E-state index contributed by atoms with van der Waals surface area (Å²) in [6, 6.07) is 4.11. The van der Waals surface area contributed by atoms with Gasteiger partial charge in [0, 0.05) is 43.3 Å². The van der Waals surface area contributed by atoms with Crippen LogP contribution in [0.25, 0.3) is 17.2 Å². The molecule has 0 aromatic carbocycles. The minimum atomic E-state index is -4.46. The normalized spacial score (nSPS) is 18.2. The fraction of sp³-hybridized carbons (Fsp3) is 0.333. The molecule has 162 valence electrons. The lowest BCUT2D eigenvalue weighted by molar-refractivity contribution is -0.137. The summed E-state index contributed by atoms with van der Waals surface area (Å²) in [4.78, 5) is 15.2. The molecular weight excluding hydrogens is 407 g/mol. The second-order valence-corrected chi connectivity index (χ2v) is 7.59. The second-order valence-electron chi connectivity index (χ2n) is 7.59. The lowest BCUT2D eigenvalue weighted by atomic mass is 9.90. The van der Waals surface area contributed by atoms with Crippen molar-refractivity contribution < 1.29 is 13.2 Å². The fourth-order valence-electron chi connectivity index (χ4n) is 3.96. The summed E-state index contributed by atoms with van der Waals surface area (Å²) in [6.45, 7) is 3.23. The number of hydrogen-bond donors (Lipinski definition) is 2. The molecule has 10 heteroatoms. The van der Waals surface area contributed by atoms with E-state index in [-0.39, 0.29) is 5.92 Å². The molecule has 0 spiro atoms. The summed E-state index contributed by atoms with van der Waals surface area (Å²) in [6.07, 6.45) is 2.78. The van der Waals surface area contributed by atoms with Gasteiger partial charge in [-0.1, -0.05) is 0 Å². The van der Waals surface area contributed by atoms with E-state index in [1.54, 1.807) is 19.2 Å². The van der Waals surface area contributed by atoms with Gasteiger partial charge in [0.2, 0.25) is 0 Å². The number of halogens is 3. The average Bonchev–Trinajstić information content (AvgIpc) is 3.17. The number of piperidine rings is 1. The molecule has 1 unspecified atom stereocenters. The van der Waals surface area contributed by atoms with Crippen molar-refractivity contribution in [1.82, 2.24) is 19.4 Å². The van der Waals surface area contributed by atoms with Crippen LogP contribution in [-0.4, -0.2) is 38.7 Å². The lowest BCUT2D eigenvalue weighted by Crippen LogP contribution is -2.37. The highest BCUT2D eigenvalue weighted by Crippen LogP contribution is 2.31. The Bertz CT molecular complexity index is 1150. The standard InChI is InChI=1S/C21H22F3N7/c1-13(26)16(9-25)14-3-2-8-30(11-14)19-6-7-27-20(29-19)17-10-28-18-5-4-15(12-31(17)18)21(22,23)24/h4-7,9-10,12,14,25H,2-3,8,11,26H2,1H3/b16-13+,25-9?. The van der Waals surface area contributed by atoms with Crippen LogP contribution in [0.15, 0.2) is 48.1 Å². The molecular formula is C21H22F3N7. The first-order valence-corrected chi connectivity index (χ1v) is 9.87. The fourth-order valence-corrected chi connectivity index (χ4v) is 3.96. The molecule has 0 radical (unpaired) electrons. The molecule has 3 N–H and O–H groups in total. The number of imidazole rings is 1. The van der Waals surface area contributed by atoms with Gasteiger partial charge in [-0.2, -0.15) is 13.2 Å². The van der Waals surface area contributed by atoms with Crippen molar-refractivity contribution in [2.24, 2.45) is 11.7 Å². The molecule has 1 aliphatic heterocycles. The number of pyridine rings is 1. The first kappa shape index (κ1) is 20.8. The van der Waals surface area contributed by atoms with Crippen molar-refractivity contribution in [3.63, 3.8) is 0 Å². The topological polar surface area (TPSA) is 96.2 Å². The van der Waals surface area contributed by atoms with E-state index >= 15 is 0 Å². The smallest absolute Gasteiger partial charge is 0.402 e. The third kappa shape index (κ3) is 4.10. The Hall–Kier alpha value is -3.43. The number of alkyl halides is 3. The van der Waals surface area contributed by atoms with Gasteiger partial charge >= 0.3 is 6.18 Å². The molecule has 0 amide bonds. The van der Waals surface area contributed by atoms with E-state index in [9.17, 15) is 13.2 Å². The second kappa shape index (κ2) is 8.01. The highest BCUT2D eigenvalue weighted by molar-refractivity contribution is 5.77. The maximum Gasteiger partial charge on any atom is 0.417 e. The highest BCUT2D eigenvalue weighted by atomic mass is 19.4. The number of rotatable bonds is 4. The van der Waals surface area contributed by atoms with Crippen LogP contribution in [-0.2, 0) is 6.18 Å². The summed E-state index contributed by atoms with van der Waals surface area (Å²) in [7, 11) is 0. The SMILES string of the molecule is C/C(N)=C(/C=N)C1CCCN(c2ccnc(-c3cnc4ccc(C(F)(F)F)cn34)n2)C1. The van der Waals surface area contributed by atoms with Crippen LogP contribution in [0, 0.1) is 11.3 Å². The van der Waals surface area contributed by atoms with Crippen molar-refractivity contribution in [2.75, 3.05) is 18.0 Å². The molecule has 3 aromatic rings. The quantitative estimate of drug-likeness (QED) is 0.613. The Morgan fingerprint density at radius 3 is 2.77 bits per heavy atom. The van der Waals surface area contributed by atoms with Crippen molar-refractivity contribution in [3.8, 4) is 11.5 Å². The summed E-state index contributed by atoms with van der Waals surface area (Å²) in [5, 5.41) is 7.67. The van der Waals surface area contributed by atoms with E-state index in [2.05, 4.69) is 19.9 Å².